The lowest BCUT2D eigenvalue weighted by Crippen LogP contribution is -2.10. The second-order valence-electron chi connectivity index (χ2n) is 3.86. The van der Waals surface area contributed by atoms with Gasteiger partial charge in [-0.1, -0.05) is 0 Å². The van der Waals surface area contributed by atoms with Crippen molar-refractivity contribution in [2.75, 3.05) is 18.5 Å². The molecule has 1 rings (SSSR count). The summed E-state index contributed by atoms with van der Waals surface area (Å²) in [4.78, 5) is 7.20. The van der Waals surface area contributed by atoms with E-state index in [1.54, 1.807) is 13.0 Å². The van der Waals surface area contributed by atoms with Gasteiger partial charge >= 0.3 is 6.08 Å². The zero-order valence-corrected chi connectivity index (χ0v) is 9.96. The van der Waals surface area contributed by atoms with Gasteiger partial charge in [-0.25, -0.2) is 4.98 Å². The Kier molecular flexibility index (Phi) is 5.11. The first kappa shape index (κ1) is 12.8. The number of anilines is 1. The van der Waals surface area contributed by atoms with Crippen LogP contribution in [-0.4, -0.2) is 29.2 Å². The van der Waals surface area contributed by atoms with Crippen molar-refractivity contribution in [3.05, 3.63) is 17.8 Å². The van der Waals surface area contributed by atoms with E-state index in [0.717, 1.165) is 6.42 Å². The molecule has 0 atom stereocenters. The molecule has 4 nitrogen and oxygen atoms in total. The molecule has 0 bridgehead atoms. The van der Waals surface area contributed by atoms with Crippen LogP contribution < -0.4 is 5.32 Å². The van der Waals surface area contributed by atoms with Crippen molar-refractivity contribution in [1.82, 2.24) is 9.97 Å². The first-order valence-corrected chi connectivity index (χ1v) is 5.44. The molecule has 1 aromatic heterocycles. The number of nitrogens with one attached hydrogen (secondary N) is 1. The summed E-state index contributed by atoms with van der Waals surface area (Å²) in [6, 6.07) is 1.71. The molecule has 5 heteroatoms. The molecule has 0 aliphatic carbocycles. The number of rotatable bonds is 6. The zero-order chi connectivity index (χ0) is 12.0. The second kappa shape index (κ2) is 6.37. The Balaban J connectivity index is 2.26. The highest BCUT2D eigenvalue weighted by Crippen LogP contribution is 2.05. The molecule has 0 spiro atoms. The number of halogens is 1. The van der Waals surface area contributed by atoms with E-state index < -0.39 is 6.08 Å². The van der Waals surface area contributed by atoms with Gasteiger partial charge in [-0.15, -0.1) is 0 Å². The van der Waals surface area contributed by atoms with Crippen LogP contribution in [0.15, 0.2) is 6.07 Å². The molecular weight excluding hydrogens is 209 g/mol. The number of ether oxygens (including phenoxy) is 1. The number of aromatic nitrogens is 2. The Morgan fingerprint density at radius 1 is 1.44 bits per heavy atom. The van der Waals surface area contributed by atoms with Crippen molar-refractivity contribution < 1.29 is 9.13 Å². The smallest absolute Gasteiger partial charge is 0.310 e. The highest BCUT2D eigenvalue weighted by molar-refractivity contribution is 5.34. The molecule has 0 aliphatic heterocycles. The minimum absolute atomic E-state index is 0.249. The molecule has 0 saturated heterocycles. The third-order valence-electron chi connectivity index (χ3n) is 1.91. The normalized spacial score (nSPS) is 10.8. The molecule has 90 valence electrons. The summed E-state index contributed by atoms with van der Waals surface area (Å²) in [6.45, 7) is 7.13. The Labute approximate surface area is 95.3 Å². The number of hydrogen-bond acceptors (Lipinski definition) is 4. The van der Waals surface area contributed by atoms with Gasteiger partial charge in [0.1, 0.15) is 5.82 Å². The van der Waals surface area contributed by atoms with Crippen molar-refractivity contribution in [1.29, 1.82) is 0 Å². The SMILES string of the molecule is Cc1cc(NCCCOC(C)C)nc(F)n1. The second-order valence-corrected chi connectivity index (χ2v) is 3.86. The van der Waals surface area contributed by atoms with E-state index >= 15 is 0 Å². The van der Waals surface area contributed by atoms with Crippen LogP contribution >= 0.6 is 0 Å². The fourth-order valence-electron chi connectivity index (χ4n) is 1.23. The Bertz CT molecular complexity index is 311. The summed E-state index contributed by atoms with van der Waals surface area (Å²) >= 11 is 0. The summed E-state index contributed by atoms with van der Waals surface area (Å²) in [5.41, 5.74) is 0.619. The van der Waals surface area contributed by atoms with Crippen molar-refractivity contribution in [3.8, 4) is 0 Å². The fourth-order valence-corrected chi connectivity index (χ4v) is 1.23. The van der Waals surface area contributed by atoms with Gasteiger partial charge in [-0.2, -0.15) is 9.37 Å². The highest BCUT2D eigenvalue weighted by Gasteiger charge is 2.00. The van der Waals surface area contributed by atoms with Crippen molar-refractivity contribution in [2.24, 2.45) is 0 Å². The van der Waals surface area contributed by atoms with Gasteiger partial charge in [0.2, 0.25) is 0 Å². The largest absolute Gasteiger partial charge is 0.379 e. The topological polar surface area (TPSA) is 47.0 Å². The van der Waals surface area contributed by atoms with E-state index in [0.29, 0.717) is 24.7 Å². The molecule has 16 heavy (non-hydrogen) atoms. The molecule has 0 radical (unpaired) electrons. The molecule has 1 aromatic rings. The standard InChI is InChI=1S/C11H18FN3O/c1-8(2)16-6-4-5-13-10-7-9(3)14-11(12)15-10/h7-8H,4-6H2,1-3H3,(H,13,14,15). The monoisotopic (exact) mass is 227 g/mol. The lowest BCUT2D eigenvalue weighted by molar-refractivity contribution is 0.0787. The minimum Gasteiger partial charge on any atom is -0.379 e. The lowest BCUT2D eigenvalue weighted by atomic mass is 10.4. The maximum Gasteiger partial charge on any atom is 0.310 e. The summed E-state index contributed by atoms with van der Waals surface area (Å²) < 4.78 is 18.2. The van der Waals surface area contributed by atoms with Crippen molar-refractivity contribution in [2.45, 2.75) is 33.3 Å². The van der Waals surface area contributed by atoms with E-state index in [-0.39, 0.29) is 6.10 Å². The van der Waals surface area contributed by atoms with Gasteiger partial charge in [-0.05, 0) is 27.2 Å². The zero-order valence-electron chi connectivity index (χ0n) is 9.96. The molecule has 0 unspecified atom stereocenters. The Morgan fingerprint density at radius 3 is 2.81 bits per heavy atom. The molecular formula is C11H18FN3O. The molecule has 1 heterocycles. The number of nitrogens with zero attached hydrogens (tertiary/aromatic N) is 2. The van der Waals surface area contributed by atoms with Gasteiger partial charge in [0.05, 0.1) is 6.10 Å². The third kappa shape index (κ3) is 5.02. The lowest BCUT2D eigenvalue weighted by Gasteiger charge is -2.08. The Morgan fingerprint density at radius 2 is 2.19 bits per heavy atom. The first-order valence-electron chi connectivity index (χ1n) is 5.44. The molecule has 0 saturated carbocycles. The van der Waals surface area contributed by atoms with E-state index in [4.69, 9.17) is 4.74 Å². The average molecular weight is 227 g/mol. The van der Waals surface area contributed by atoms with Crippen molar-refractivity contribution in [3.63, 3.8) is 0 Å². The van der Waals surface area contributed by atoms with Crippen LogP contribution in [0.2, 0.25) is 0 Å². The van der Waals surface area contributed by atoms with Crippen LogP contribution in [0.1, 0.15) is 26.0 Å². The van der Waals surface area contributed by atoms with Crippen LogP contribution in [0.4, 0.5) is 10.2 Å². The number of hydrogen-bond donors (Lipinski definition) is 1. The molecule has 0 fully saturated rings. The van der Waals surface area contributed by atoms with Gasteiger partial charge in [0, 0.05) is 24.9 Å². The predicted octanol–water partition coefficient (Wildman–Crippen LogP) is 2.15. The van der Waals surface area contributed by atoms with Crippen LogP contribution in [0.3, 0.4) is 0 Å². The van der Waals surface area contributed by atoms with Gasteiger partial charge in [-0.3, -0.25) is 0 Å². The fraction of sp³-hybridized carbons (Fsp3) is 0.636. The van der Waals surface area contributed by atoms with Crippen LogP contribution in [0.25, 0.3) is 0 Å². The van der Waals surface area contributed by atoms with Crippen LogP contribution in [-0.2, 0) is 4.74 Å². The summed E-state index contributed by atoms with van der Waals surface area (Å²) in [6.07, 6.45) is 0.419. The van der Waals surface area contributed by atoms with E-state index in [2.05, 4.69) is 15.3 Å². The summed E-state index contributed by atoms with van der Waals surface area (Å²) in [7, 11) is 0. The average Bonchev–Trinajstić information content (AvgIpc) is 2.15. The maximum absolute atomic E-state index is 12.8. The van der Waals surface area contributed by atoms with Crippen molar-refractivity contribution >= 4 is 5.82 Å². The summed E-state index contributed by atoms with van der Waals surface area (Å²) in [5.74, 6) is 0.523. The highest BCUT2D eigenvalue weighted by atomic mass is 19.1. The van der Waals surface area contributed by atoms with Crippen LogP contribution in [0, 0.1) is 13.0 Å². The molecule has 0 amide bonds. The number of aryl methyl sites for hydroxylation is 1. The van der Waals surface area contributed by atoms with Gasteiger partial charge < -0.3 is 10.1 Å². The van der Waals surface area contributed by atoms with Crippen LogP contribution in [0.5, 0.6) is 0 Å². The third-order valence-corrected chi connectivity index (χ3v) is 1.91. The minimum atomic E-state index is -0.694. The van der Waals surface area contributed by atoms with E-state index in [9.17, 15) is 4.39 Å². The maximum atomic E-state index is 12.8. The van der Waals surface area contributed by atoms with Gasteiger partial charge in [0.25, 0.3) is 0 Å². The molecule has 0 aliphatic rings. The van der Waals surface area contributed by atoms with E-state index in [1.165, 1.54) is 0 Å². The van der Waals surface area contributed by atoms with E-state index in [1.807, 2.05) is 13.8 Å². The summed E-state index contributed by atoms with van der Waals surface area (Å²) in [5, 5.41) is 3.03. The predicted molar refractivity (Wildman–Crippen MR) is 60.9 cm³/mol. The Hall–Kier alpha value is -1.23. The molecule has 1 N–H and O–H groups in total. The van der Waals surface area contributed by atoms with Gasteiger partial charge in [0.15, 0.2) is 0 Å². The first-order chi connectivity index (χ1) is 7.58. The molecule has 0 aromatic carbocycles. The quantitative estimate of drug-likeness (QED) is 0.597.